The molecule has 1 unspecified atom stereocenters. The largest absolute Gasteiger partial charge is 0.322 e. The van der Waals surface area contributed by atoms with Crippen LogP contribution in [0.1, 0.15) is 56.2 Å². The number of hydrogen-bond donors (Lipinski definition) is 1. The van der Waals surface area contributed by atoms with E-state index in [4.69, 9.17) is 5.73 Å². The van der Waals surface area contributed by atoms with Gasteiger partial charge in [-0.15, -0.1) is 0 Å². The molecule has 1 heteroatoms. The van der Waals surface area contributed by atoms with Crippen LogP contribution in [0.3, 0.4) is 0 Å². The number of benzene rings is 1. The molecule has 1 aliphatic carbocycles. The molecule has 0 aromatic heterocycles. The van der Waals surface area contributed by atoms with E-state index in [-0.39, 0.29) is 5.54 Å². The molecule has 0 fully saturated rings. The van der Waals surface area contributed by atoms with Crippen LogP contribution in [-0.4, -0.2) is 0 Å². The average Bonchev–Trinajstić information content (AvgIpc) is 2.28. The summed E-state index contributed by atoms with van der Waals surface area (Å²) in [6, 6.07) is 6.88. The van der Waals surface area contributed by atoms with Crippen LogP contribution in [0.2, 0.25) is 0 Å². The van der Waals surface area contributed by atoms with Gasteiger partial charge in [0.25, 0.3) is 0 Å². The number of fused-ring (bicyclic) bond motifs is 1. The van der Waals surface area contributed by atoms with E-state index >= 15 is 0 Å². The Morgan fingerprint density at radius 2 is 1.88 bits per heavy atom. The first kappa shape index (κ1) is 11.7. The SMILES string of the molecule is CCCC(C)(N)c1ccc2c(c1)CCCC2. The van der Waals surface area contributed by atoms with E-state index in [0.29, 0.717) is 0 Å². The first-order valence-corrected chi connectivity index (χ1v) is 6.54. The molecule has 0 amide bonds. The second-order valence-corrected chi connectivity index (χ2v) is 5.36. The van der Waals surface area contributed by atoms with Gasteiger partial charge in [0.1, 0.15) is 0 Å². The van der Waals surface area contributed by atoms with Crippen molar-refractivity contribution in [2.45, 2.75) is 57.9 Å². The number of aryl methyl sites for hydroxylation is 2. The van der Waals surface area contributed by atoms with Crippen LogP contribution in [0.25, 0.3) is 0 Å². The molecule has 88 valence electrons. The lowest BCUT2D eigenvalue weighted by Gasteiger charge is -2.27. The van der Waals surface area contributed by atoms with Gasteiger partial charge in [0, 0.05) is 5.54 Å². The van der Waals surface area contributed by atoms with E-state index in [0.717, 1.165) is 12.8 Å². The topological polar surface area (TPSA) is 26.0 Å². The van der Waals surface area contributed by atoms with Crippen molar-refractivity contribution in [3.8, 4) is 0 Å². The van der Waals surface area contributed by atoms with Crippen LogP contribution in [0.4, 0.5) is 0 Å². The molecule has 16 heavy (non-hydrogen) atoms. The number of nitrogens with two attached hydrogens (primary N) is 1. The van der Waals surface area contributed by atoms with Crippen LogP contribution in [0.15, 0.2) is 18.2 Å². The minimum absolute atomic E-state index is 0.152. The van der Waals surface area contributed by atoms with Crippen LogP contribution in [0.5, 0.6) is 0 Å². The van der Waals surface area contributed by atoms with Crippen molar-refractivity contribution in [1.29, 1.82) is 0 Å². The van der Waals surface area contributed by atoms with Crippen molar-refractivity contribution in [3.63, 3.8) is 0 Å². The van der Waals surface area contributed by atoms with Crippen molar-refractivity contribution in [2.24, 2.45) is 5.73 Å². The Bertz CT molecular complexity index is 366. The zero-order chi connectivity index (χ0) is 11.6. The van der Waals surface area contributed by atoms with E-state index < -0.39 is 0 Å². The molecule has 2 rings (SSSR count). The summed E-state index contributed by atoms with van der Waals surface area (Å²) in [5.41, 5.74) is 10.6. The summed E-state index contributed by atoms with van der Waals surface area (Å²) in [5, 5.41) is 0. The van der Waals surface area contributed by atoms with Gasteiger partial charge in [0.05, 0.1) is 0 Å². The Balaban J connectivity index is 2.29. The zero-order valence-corrected chi connectivity index (χ0v) is 10.6. The Hall–Kier alpha value is -0.820. The lowest BCUT2D eigenvalue weighted by atomic mass is 9.83. The van der Waals surface area contributed by atoms with E-state index in [9.17, 15) is 0 Å². The Labute approximate surface area is 99.0 Å². The normalized spacial score (nSPS) is 18.9. The molecular weight excluding hydrogens is 194 g/mol. The predicted molar refractivity (Wildman–Crippen MR) is 69.5 cm³/mol. The molecule has 0 bridgehead atoms. The summed E-state index contributed by atoms with van der Waals surface area (Å²) in [5.74, 6) is 0. The third-order valence-corrected chi connectivity index (χ3v) is 3.78. The van der Waals surface area contributed by atoms with Gasteiger partial charge in [0.15, 0.2) is 0 Å². The summed E-state index contributed by atoms with van der Waals surface area (Å²) in [6.07, 6.45) is 7.39. The summed E-state index contributed by atoms with van der Waals surface area (Å²) >= 11 is 0. The Kier molecular flexibility index (Phi) is 3.34. The van der Waals surface area contributed by atoms with Gasteiger partial charge in [-0.1, -0.05) is 31.5 Å². The van der Waals surface area contributed by atoms with Gasteiger partial charge in [-0.25, -0.2) is 0 Å². The maximum atomic E-state index is 6.38. The molecule has 1 atom stereocenters. The molecule has 1 nitrogen and oxygen atoms in total. The summed E-state index contributed by atoms with van der Waals surface area (Å²) in [4.78, 5) is 0. The molecule has 0 aliphatic heterocycles. The standard InChI is InChI=1S/C15H23N/c1-3-10-15(2,16)14-9-8-12-6-4-5-7-13(12)11-14/h8-9,11H,3-7,10,16H2,1-2H3. The molecule has 1 aliphatic rings. The van der Waals surface area contributed by atoms with E-state index in [1.807, 2.05) is 0 Å². The van der Waals surface area contributed by atoms with Gasteiger partial charge in [-0.3, -0.25) is 0 Å². The molecule has 2 N–H and O–H groups in total. The molecular formula is C15H23N. The van der Waals surface area contributed by atoms with Crippen molar-refractivity contribution >= 4 is 0 Å². The van der Waals surface area contributed by atoms with E-state index in [1.165, 1.54) is 36.8 Å². The molecule has 1 aromatic rings. The van der Waals surface area contributed by atoms with Crippen molar-refractivity contribution in [2.75, 3.05) is 0 Å². The maximum absolute atomic E-state index is 6.38. The third-order valence-electron chi connectivity index (χ3n) is 3.78. The molecule has 0 radical (unpaired) electrons. The van der Waals surface area contributed by atoms with Crippen LogP contribution >= 0.6 is 0 Å². The molecule has 0 saturated carbocycles. The lowest BCUT2D eigenvalue weighted by molar-refractivity contribution is 0.445. The minimum Gasteiger partial charge on any atom is -0.322 e. The fourth-order valence-corrected chi connectivity index (χ4v) is 2.75. The highest BCUT2D eigenvalue weighted by Crippen LogP contribution is 2.28. The second kappa shape index (κ2) is 4.58. The van der Waals surface area contributed by atoms with Crippen molar-refractivity contribution in [3.05, 3.63) is 34.9 Å². The number of rotatable bonds is 3. The second-order valence-electron chi connectivity index (χ2n) is 5.36. The third kappa shape index (κ3) is 2.30. The molecule has 0 heterocycles. The van der Waals surface area contributed by atoms with Crippen LogP contribution < -0.4 is 5.73 Å². The molecule has 1 aromatic carbocycles. The summed E-state index contributed by atoms with van der Waals surface area (Å²) < 4.78 is 0. The Morgan fingerprint density at radius 1 is 1.19 bits per heavy atom. The van der Waals surface area contributed by atoms with Crippen LogP contribution in [0, 0.1) is 0 Å². The zero-order valence-electron chi connectivity index (χ0n) is 10.6. The smallest absolute Gasteiger partial charge is 0.0381 e. The highest BCUT2D eigenvalue weighted by Gasteiger charge is 2.21. The first-order valence-electron chi connectivity index (χ1n) is 6.54. The maximum Gasteiger partial charge on any atom is 0.0381 e. The summed E-state index contributed by atoms with van der Waals surface area (Å²) in [7, 11) is 0. The van der Waals surface area contributed by atoms with Gasteiger partial charge >= 0.3 is 0 Å². The average molecular weight is 217 g/mol. The first-order chi connectivity index (χ1) is 7.63. The highest BCUT2D eigenvalue weighted by molar-refractivity contribution is 5.36. The fraction of sp³-hybridized carbons (Fsp3) is 0.600. The van der Waals surface area contributed by atoms with Gasteiger partial charge in [-0.05, 0) is 55.7 Å². The van der Waals surface area contributed by atoms with Crippen molar-refractivity contribution in [1.82, 2.24) is 0 Å². The minimum atomic E-state index is -0.152. The van der Waals surface area contributed by atoms with Gasteiger partial charge in [-0.2, -0.15) is 0 Å². The van der Waals surface area contributed by atoms with Crippen LogP contribution in [-0.2, 0) is 18.4 Å². The molecule has 0 saturated heterocycles. The summed E-state index contributed by atoms with van der Waals surface area (Å²) in [6.45, 7) is 4.35. The lowest BCUT2D eigenvalue weighted by Crippen LogP contribution is -2.33. The quantitative estimate of drug-likeness (QED) is 0.823. The fourth-order valence-electron chi connectivity index (χ4n) is 2.75. The van der Waals surface area contributed by atoms with Crippen molar-refractivity contribution < 1.29 is 0 Å². The molecule has 0 spiro atoms. The predicted octanol–water partition coefficient (Wildman–Crippen LogP) is 3.54. The van der Waals surface area contributed by atoms with E-state index in [2.05, 4.69) is 32.0 Å². The monoisotopic (exact) mass is 217 g/mol. The van der Waals surface area contributed by atoms with Gasteiger partial charge in [0.2, 0.25) is 0 Å². The highest BCUT2D eigenvalue weighted by atomic mass is 14.7. The Morgan fingerprint density at radius 3 is 2.56 bits per heavy atom. The van der Waals surface area contributed by atoms with Gasteiger partial charge < -0.3 is 5.73 Å². The van der Waals surface area contributed by atoms with E-state index in [1.54, 1.807) is 5.56 Å². The number of hydrogen-bond acceptors (Lipinski definition) is 1.